The Morgan fingerprint density at radius 3 is 2.47 bits per heavy atom. The molecule has 0 aromatic carbocycles. The largest absolute Gasteiger partial charge is 0.370 e. The summed E-state index contributed by atoms with van der Waals surface area (Å²) in [7, 11) is 0. The monoisotopic (exact) mass is 239 g/mol. The van der Waals surface area contributed by atoms with Gasteiger partial charge < -0.3 is 9.64 Å². The summed E-state index contributed by atoms with van der Waals surface area (Å²) >= 11 is 0. The van der Waals surface area contributed by atoms with Crippen LogP contribution >= 0.6 is 0 Å². The van der Waals surface area contributed by atoms with Crippen LogP contribution in [0.1, 0.15) is 39.0 Å². The highest BCUT2D eigenvalue weighted by Crippen LogP contribution is 2.22. The topological polar surface area (TPSA) is 46.6 Å². The fourth-order valence-electron chi connectivity index (χ4n) is 2.64. The van der Waals surface area contributed by atoms with Crippen molar-refractivity contribution in [2.45, 2.75) is 45.1 Å². The van der Waals surface area contributed by atoms with Crippen LogP contribution in [0, 0.1) is 5.92 Å². The molecule has 0 aliphatic carbocycles. The molecular weight excluding hydrogens is 218 g/mol. The van der Waals surface area contributed by atoms with Crippen LogP contribution in [0.5, 0.6) is 0 Å². The van der Waals surface area contributed by atoms with Gasteiger partial charge in [-0.2, -0.15) is 0 Å². The molecule has 2 aliphatic rings. The zero-order chi connectivity index (χ0) is 12.3. The summed E-state index contributed by atoms with van der Waals surface area (Å²) in [6, 6.07) is 0. The average molecular weight is 239 g/mol. The van der Waals surface area contributed by atoms with Crippen molar-refractivity contribution in [2.24, 2.45) is 5.92 Å². The zero-order valence-corrected chi connectivity index (χ0v) is 10.5. The van der Waals surface area contributed by atoms with Crippen molar-refractivity contribution in [1.82, 2.24) is 4.90 Å². The number of carbonyl (C=O) groups excluding carboxylic acids is 2. The summed E-state index contributed by atoms with van der Waals surface area (Å²) in [6.07, 6.45) is 4.65. The lowest BCUT2D eigenvalue weighted by Gasteiger charge is -2.31. The quantitative estimate of drug-likeness (QED) is 0.684. The lowest BCUT2D eigenvalue weighted by Crippen LogP contribution is -2.47. The molecule has 0 N–H and O–H groups in total. The van der Waals surface area contributed by atoms with Gasteiger partial charge in [-0.25, -0.2) is 0 Å². The minimum Gasteiger partial charge on any atom is -0.370 e. The number of piperidine rings is 1. The third-order valence-electron chi connectivity index (χ3n) is 3.73. The van der Waals surface area contributed by atoms with Crippen LogP contribution in [0.15, 0.2) is 0 Å². The van der Waals surface area contributed by atoms with Gasteiger partial charge in [0.1, 0.15) is 6.10 Å². The molecule has 0 bridgehead atoms. The Bertz CT molecular complexity index is 297. The van der Waals surface area contributed by atoms with Gasteiger partial charge >= 0.3 is 0 Å². The maximum absolute atomic E-state index is 12.1. The smallest absolute Gasteiger partial charge is 0.292 e. The van der Waals surface area contributed by atoms with Crippen molar-refractivity contribution in [3.05, 3.63) is 0 Å². The average Bonchev–Trinajstić information content (AvgIpc) is 2.39. The highest BCUT2D eigenvalue weighted by atomic mass is 16.5. The molecule has 0 radical (unpaired) electrons. The van der Waals surface area contributed by atoms with E-state index in [0.29, 0.717) is 6.61 Å². The molecule has 0 saturated carbocycles. The normalized spacial score (nSPS) is 30.1. The second-order valence-corrected chi connectivity index (χ2v) is 5.13. The summed E-state index contributed by atoms with van der Waals surface area (Å²) < 4.78 is 5.47. The number of rotatable bonds is 2. The molecule has 1 amide bonds. The predicted molar refractivity (Wildman–Crippen MR) is 63.6 cm³/mol. The molecule has 2 aliphatic heterocycles. The van der Waals surface area contributed by atoms with Gasteiger partial charge in [0.25, 0.3) is 5.91 Å². The Hall–Kier alpha value is -0.900. The van der Waals surface area contributed by atoms with Crippen molar-refractivity contribution in [3.63, 3.8) is 0 Å². The van der Waals surface area contributed by atoms with Gasteiger partial charge in [-0.3, -0.25) is 9.59 Å². The molecule has 0 spiro atoms. The molecular formula is C13H21NO3. The predicted octanol–water partition coefficient (Wildman–Crippen LogP) is 1.38. The molecule has 2 rings (SSSR count). The Balaban J connectivity index is 1.95. The molecule has 2 heterocycles. The number of hydrogen-bond donors (Lipinski definition) is 0. The molecule has 2 atom stereocenters. The Morgan fingerprint density at radius 1 is 1.12 bits per heavy atom. The number of carbonyl (C=O) groups is 2. The maximum Gasteiger partial charge on any atom is 0.292 e. The van der Waals surface area contributed by atoms with Crippen molar-refractivity contribution in [2.75, 3.05) is 19.7 Å². The van der Waals surface area contributed by atoms with E-state index in [1.165, 1.54) is 0 Å². The number of Topliss-reactive ketones (excluding diaryl/α,β-unsaturated/α-hetero) is 1. The molecule has 4 nitrogen and oxygen atoms in total. The summed E-state index contributed by atoms with van der Waals surface area (Å²) in [6.45, 7) is 4.05. The SMILES string of the molecule is CC1CCCOC1C(=O)C(=O)N1CCCCC1. The maximum atomic E-state index is 12.1. The Kier molecular flexibility index (Phi) is 4.15. The van der Waals surface area contributed by atoms with Crippen molar-refractivity contribution < 1.29 is 14.3 Å². The van der Waals surface area contributed by atoms with E-state index in [1.807, 2.05) is 6.92 Å². The van der Waals surface area contributed by atoms with Crippen molar-refractivity contribution in [3.8, 4) is 0 Å². The highest BCUT2D eigenvalue weighted by Gasteiger charge is 2.35. The first-order valence-electron chi connectivity index (χ1n) is 6.65. The van der Waals surface area contributed by atoms with Gasteiger partial charge in [-0.05, 0) is 38.0 Å². The van der Waals surface area contributed by atoms with Crippen LogP contribution in [0.3, 0.4) is 0 Å². The number of ether oxygens (including phenoxy) is 1. The van der Waals surface area contributed by atoms with Gasteiger partial charge in [0, 0.05) is 19.7 Å². The fraction of sp³-hybridized carbons (Fsp3) is 0.846. The van der Waals surface area contributed by atoms with E-state index in [1.54, 1.807) is 4.90 Å². The highest BCUT2D eigenvalue weighted by molar-refractivity contribution is 6.37. The van der Waals surface area contributed by atoms with Gasteiger partial charge in [0.15, 0.2) is 0 Å². The second-order valence-electron chi connectivity index (χ2n) is 5.13. The van der Waals surface area contributed by atoms with E-state index in [-0.39, 0.29) is 17.6 Å². The second kappa shape index (κ2) is 5.63. The number of nitrogens with zero attached hydrogens (tertiary/aromatic N) is 1. The molecule has 0 aromatic heterocycles. The molecule has 2 fully saturated rings. The summed E-state index contributed by atoms with van der Waals surface area (Å²) in [5, 5.41) is 0. The van der Waals surface area contributed by atoms with Gasteiger partial charge in [0.2, 0.25) is 5.78 Å². The fourth-order valence-corrected chi connectivity index (χ4v) is 2.64. The van der Waals surface area contributed by atoms with E-state index in [2.05, 4.69) is 0 Å². The van der Waals surface area contributed by atoms with Gasteiger partial charge in [0.05, 0.1) is 0 Å². The van der Waals surface area contributed by atoms with E-state index >= 15 is 0 Å². The Labute approximate surface area is 102 Å². The number of likely N-dealkylation sites (tertiary alicyclic amines) is 1. The van der Waals surface area contributed by atoms with E-state index in [0.717, 1.165) is 45.2 Å². The van der Waals surface area contributed by atoms with Gasteiger partial charge in [-0.15, -0.1) is 0 Å². The van der Waals surface area contributed by atoms with E-state index in [4.69, 9.17) is 4.74 Å². The third-order valence-corrected chi connectivity index (χ3v) is 3.73. The van der Waals surface area contributed by atoms with Crippen LogP contribution in [0.4, 0.5) is 0 Å². The summed E-state index contributed by atoms with van der Waals surface area (Å²) in [4.78, 5) is 25.8. The first kappa shape index (κ1) is 12.6. The van der Waals surface area contributed by atoms with Crippen LogP contribution in [0.25, 0.3) is 0 Å². The molecule has 17 heavy (non-hydrogen) atoms. The van der Waals surface area contributed by atoms with Crippen LogP contribution < -0.4 is 0 Å². The third kappa shape index (κ3) is 2.86. The van der Waals surface area contributed by atoms with Gasteiger partial charge in [-0.1, -0.05) is 6.92 Å². The van der Waals surface area contributed by atoms with E-state index < -0.39 is 6.10 Å². The molecule has 2 saturated heterocycles. The molecule has 96 valence electrons. The van der Waals surface area contributed by atoms with Crippen LogP contribution in [0.2, 0.25) is 0 Å². The molecule has 0 aromatic rings. The number of amides is 1. The summed E-state index contributed by atoms with van der Waals surface area (Å²) in [5.74, 6) is -0.493. The summed E-state index contributed by atoms with van der Waals surface area (Å²) in [5.41, 5.74) is 0. The zero-order valence-electron chi connectivity index (χ0n) is 10.5. The lowest BCUT2D eigenvalue weighted by molar-refractivity contribution is -0.155. The Morgan fingerprint density at radius 2 is 1.82 bits per heavy atom. The first-order chi connectivity index (χ1) is 8.20. The number of hydrogen-bond acceptors (Lipinski definition) is 3. The lowest BCUT2D eigenvalue weighted by atomic mass is 9.93. The standard InChI is InChI=1S/C13H21NO3/c1-10-6-5-9-17-12(10)11(15)13(16)14-7-3-2-4-8-14/h10,12H,2-9H2,1H3. The van der Waals surface area contributed by atoms with Crippen LogP contribution in [-0.4, -0.2) is 42.4 Å². The van der Waals surface area contributed by atoms with Crippen molar-refractivity contribution >= 4 is 11.7 Å². The first-order valence-corrected chi connectivity index (χ1v) is 6.65. The van der Waals surface area contributed by atoms with Crippen molar-refractivity contribution in [1.29, 1.82) is 0 Å². The van der Waals surface area contributed by atoms with Crippen LogP contribution in [-0.2, 0) is 14.3 Å². The minimum absolute atomic E-state index is 0.171. The minimum atomic E-state index is -0.502. The number of ketones is 1. The molecule has 2 unspecified atom stereocenters. The molecule has 4 heteroatoms. The van der Waals surface area contributed by atoms with E-state index in [9.17, 15) is 9.59 Å².